The molecule has 0 aromatic carbocycles. The van der Waals surface area contributed by atoms with Gasteiger partial charge in [-0.1, -0.05) is 0 Å². The molecule has 1 aromatic heterocycles. The maximum atomic E-state index is 12.3. The Labute approximate surface area is 111 Å². The number of hydrogen-bond donors (Lipinski definition) is 1. The molecule has 2 saturated heterocycles. The number of hydrogen-bond acceptors (Lipinski definition) is 4. The molecule has 2 N–H and O–H groups in total. The van der Waals surface area contributed by atoms with Crippen molar-refractivity contribution in [2.45, 2.75) is 32.0 Å². The lowest BCUT2D eigenvalue weighted by Gasteiger charge is -2.35. The van der Waals surface area contributed by atoms with Crippen LogP contribution in [-0.4, -0.2) is 40.7 Å². The number of nitrogens with zero attached hydrogens (tertiary/aromatic N) is 2. The van der Waals surface area contributed by atoms with Crippen LogP contribution in [0.2, 0.25) is 0 Å². The molecule has 6 heteroatoms. The summed E-state index contributed by atoms with van der Waals surface area (Å²) in [5, 5.41) is 0. The lowest BCUT2D eigenvalue weighted by Crippen LogP contribution is -2.56. The first kappa shape index (κ1) is 12.2. The molecule has 3 heterocycles. The first-order chi connectivity index (χ1) is 9.19. The molecule has 6 nitrogen and oxygen atoms in total. The summed E-state index contributed by atoms with van der Waals surface area (Å²) in [6.45, 7) is 1.54. The van der Waals surface area contributed by atoms with E-state index in [4.69, 9.17) is 10.2 Å². The third kappa shape index (κ3) is 2.12. The minimum absolute atomic E-state index is 0.0304. The van der Waals surface area contributed by atoms with Crippen molar-refractivity contribution in [2.24, 2.45) is 5.73 Å². The summed E-state index contributed by atoms with van der Waals surface area (Å²) in [6.07, 6.45) is 1.68. The summed E-state index contributed by atoms with van der Waals surface area (Å²) in [5.41, 5.74) is 5.48. The van der Waals surface area contributed by atoms with Gasteiger partial charge in [0, 0.05) is 6.54 Å². The van der Waals surface area contributed by atoms with E-state index in [0.717, 1.165) is 12.8 Å². The Morgan fingerprint density at radius 3 is 2.84 bits per heavy atom. The summed E-state index contributed by atoms with van der Waals surface area (Å²) >= 11 is 0. The second-order valence-electron chi connectivity index (χ2n) is 5.01. The van der Waals surface area contributed by atoms with Crippen LogP contribution >= 0.6 is 0 Å². The number of fused-ring (bicyclic) bond motifs is 1. The fourth-order valence-corrected chi connectivity index (χ4v) is 2.80. The van der Waals surface area contributed by atoms with Crippen LogP contribution in [0.25, 0.3) is 0 Å². The van der Waals surface area contributed by atoms with Gasteiger partial charge in [-0.25, -0.2) is 0 Å². The number of furan rings is 1. The molecular formula is C13H17N3O3. The normalized spacial score (nSPS) is 23.1. The molecule has 0 aliphatic carbocycles. The van der Waals surface area contributed by atoms with Crippen molar-refractivity contribution in [3.8, 4) is 0 Å². The first-order valence-corrected chi connectivity index (χ1v) is 6.55. The van der Waals surface area contributed by atoms with Gasteiger partial charge in [0.25, 0.3) is 0 Å². The van der Waals surface area contributed by atoms with Gasteiger partial charge in [0.2, 0.25) is 11.8 Å². The maximum absolute atomic E-state index is 12.3. The molecule has 19 heavy (non-hydrogen) atoms. The highest BCUT2D eigenvalue weighted by atomic mass is 16.3. The van der Waals surface area contributed by atoms with Crippen molar-refractivity contribution in [3.05, 3.63) is 23.7 Å². The van der Waals surface area contributed by atoms with Gasteiger partial charge in [0.15, 0.2) is 0 Å². The molecule has 1 atom stereocenters. The number of rotatable bonds is 3. The smallest absolute Gasteiger partial charge is 0.246 e. The van der Waals surface area contributed by atoms with E-state index in [2.05, 4.69) is 0 Å². The second-order valence-corrected chi connectivity index (χ2v) is 5.01. The van der Waals surface area contributed by atoms with Gasteiger partial charge in [0.05, 0.1) is 13.1 Å². The summed E-state index contributed by atoms with van der Waals surface area (Å²) in [7, 11) is 0. The van der Waals surface area contributed by atoms with E-state index >= 15 is 0 Å². The molecule has 102 valence electrons. The van der Waals surface area contributed by atoms with E-state index in [0.29, 0.717) is 31.2 Å². The van der Waals surface area contributed by atoms with Crippen LogP contribution in [0.1, 0.15) is 24.4 Å². The fourth-order valence-electron chi connectivity index (χ4n) is 2.80. The van der Waals surface area contributed by atoms with Crippen molar-refractivity contribution >= 4 is 11.8 Å². The van der Waals surface area contributed by atoms with E-state index in [9.17, 15) is 9.59 Å². The predicted molar refractivity (Wildman–Crippen MR) is 66.8 cm³/mol. The number of nitrogens with two attached hydrogens (primary N) is 1. The molecule has 0 bridgehead atoms. The summed E-state index contributed by atoms with van der Waals surface area (Å²) in [4.78, 5) is 27.5. The molecule has 2 aliphatic heterocycles. The fraction of sp³-hybridized carbons (Fsp3) is 0.538. The molecule has 2 fully saturated rings. The van der Waals surface area contributed by atoms with Crippen LogP contribution in [0, 0.1) is 0 Å². The SMILES string of the molecule is NCc1ccc(CN2CC(=O)N3CCCC3C2=O)o1. The van der Waals surface area contributed by atoms with Gasteiger partial charge >= 0.3 is 0 Å². The number of piperazine rings is 1. The van der Waals surface area contributed by atoms with Crippen LogP contribution in [0.3, 0.4) is 0 Å². The molecule has 3 rings (SSSR count). The average molecular weight is 263 g/mol. The molecule has 0 radical (unpaired) electrons. The molecule has 2 aliphatic rings. The van der Waals surface area contributed by atoms with Crippen molar-refractivity contribution in [3.63, 3.8) is 0 Å². The van der Waals surface area contributed by atoms with Gasteiger partial charge in [-0.3, -0.25) is 9.59 Å². The van der Waals surface area contributed by atoms with Crippen LogP contribution in [0.15, 0.2) is 16.5 Å². The molecule has 0 saturated carbocycles. The van der Waals surface area contributed by atoms with Crippen molar-refractivity contribution in [2.75, 3.05) is 13.1 Å². The van der Waals surface area contributed by atoms with Gasteiger partial charge in [0.1, 0.15) is 24.1 Å². The maximum Gasteiger partial charge on any atom is 0.246 e. The van der Waals surface area contributed by atoms with Crippen molar-refractivity contribution in [1.82, 2.24) is 9.80 Å². The zero-order valence-electron chi connectivity index (χ0n) is 10.7. The largest absolute Gasteiger partial charge is 0.463 e. The van der Waals surface area contributed by atoms with Gasteiger partial charge in [-0.15, -0.1) is 0 Å². The Kier molecular flexibility index (Phi) is 3.02. The topological polar surface area (TPSA) is 79.8 Å². The van der Waals surface area contributed by atoms with E-state index in [1.807, 2.05) is 0 Å². The quantitative estimate of drug-likeness (QED) is 0.837. The highest BCUT2D eigenvalue weighted by molar-refractivity contribution is 5.95. The summed E-state index contributed by atoms with van der Waals surface area (Å²) < 4.78 is 5.49. The zero-order chi connectivity index (χ0) is 13.4. The Balaban J connectivity index is 1.74. The van der Waals surface area contributed by atoms with Crippen LogP contribution in [0.4, 0.5) is 0 Å². The molecular weight excluding hydrogens is 246 g/mol. The van der Waals surface area contributed by atoms with Gasteiger partial charge < -0.3 is 20.0 Å². The highest BCUT2D eigenvalue weighted by Gasteiger charge is 2.41. The highest BCUT2D eigenvalue weighted by Crippen LogP contribution is 2.24. The number of carbonyl (C=O) groups is 2. The minimum Gasteiger partial charge on any atom is -0.463 e. The molecule has 1 unspecified atom stereocenters. The Morgan fingerprint density at radius 1 is 1.32 bits per heavy atom. The Hall–Kier alpha value is -1.82. The van der Waals surface area contributed by atoms with E-state index in [1.54, 1.807) is 21.9 Å². The third-order valence-corrected chi connectivity index (χ3v) is 3.76. The Morgan fingerprint density at radius 2 is 2.11 bits per heavy atom. The second kappa shape index (κ2) is 4.70. The van der Waals surface area contributed by atoms with Gasteiger partial charge in [-0.2, -0.15) is 0 Å². The monoisotopic (exact) mass is 263 g/mol. The lowest BCUT2D eigenvalue weighted by molar-refractivity contribution is -0.154. The number of amides is 2. The van der Waals surface area contributed by atoms with E-state index in [1.165, 1.54) is 0 Å². The number of carbonyl (C=O) groups excluding carboxylic acids is 2. The summed E-state index contributed by atoms with van der Waals surface area (Å²) in [6, 6.07) is 3.35. The van der Waals surface area contributed by atoms with Gasteiger partial charge in [-0.05, 0) is 25.0 Å². The zero-order valence-corrected chi connectivity index (χ0v) is 10.7. The standard InChI is InChI=1S/C13H17N3O3/c14-6-9-3-4-10(19-9)7-15-8-12(17)16-5-1-2-11(16)13(15)18/h3-4,11H,1-2,5-8,14H2. The van der Waals surface area contributed by atoms with Crippen molar-refractivity contribution < 1.29 is 14.0 Å². The minimum atomic E-state index is -0.259. The Bertz CT molecular complexity index is 511. The molecule has 0 spiro atoms. The van der Waals surface area contributed by atoms with Crippen LogP contribution in [0.5, 0.6) is 0 Å². The van der Waals surface area contributed by atoms with E-state index < -0.39 is 0 Å². The average Bonchev–Trinajstić information content (AvgIpc) is 3.04. The van der Waals surface area contributed by atoms with Crippen molar-refractivity contribution in [1.29, 1.82) is 0 Å². The predicted octanol–water partition coefficient (Wildman–Crippen LogP) is 0.0715. The van der Waals surface area contributed by atoms with Crippen LogP contribution in [-0.2, 0) is 22.7 Å². The lowest BCUT2D eigenvalue weighted by atomic mass is 10.1. The third-order valence-electron chi connectivity index (χ3n) is 3.76. The molecule has 2 amide bonds. The van der Waals surface area contributed by atoms with Crippen LogP contribution < -0.4 is 5.73 Å². The summed E-state index contributed by atoms with van der Waals surface area (Å²) in [5.74, 6) is 1.43. The first-order valence-electron chi connectivity index (χ1n) is 6.55. The molecule has 1 aromatic rings. The van der Waals surface area contributed by atoms with E-state index in [-0.39, 0.29) is 24.4 Å².